The molecule has 5 nitrogen and oxygen atoms in total. The van der Waals surface area contributed by atoms with E-state index in [0.29, 0.717) is 16.7 Å². The molecule has 5 heteroatoms. The van der Waals surface area contributed by atoms with Crippen molar-refractivity contribution in [3.63, 3.8) is 0 Å². The maximum absolute atomic E-state index is 11.9. The van der Waals surface area contributed by atoms with Crippen LogP contribution in [0, 0.1) is 11.3 Å². The van der Waals surface area contributed by atoms with Gasteiger partial charge >= 0.3 is 0 Å². The number of hydrogen-bond acceptors (Lipinski definition) is 4. The molecule has 0 saturated carbocycles. The third kappa shape index (κ3) is 2.13. The van der Waals surface area contributed by atoms with Crippen molar-refractivity contribution in [2.24, 2.45) is 0 Å². The van der Waals surface area contributed by atoms with Crippen LogP contribution in [0.1, 0.15) is 26.3 Å². The second-order valence-electron chi connectivity index (χ2n) is 4.74. The maximum atomic E-state index is 11.9. The third-order valence-corrected chi connectivity index (χ3v) is 3.39. The molecular formula is C16H11N3O2. The second kappa shape index (κ2) is 4.76. The highest BCUT2D eigenvalue weighted by atomic mass is 16.2. The smallest absolute Gasteiger partial charge is 0.261 e. The lowest BCUT2D eigenvalue weighted by Crippen LogP contribution is -2.24. The van der Waals surface area contributed by atoms with Gasteiger partial charge in [-0.05, 0) is 42.5 Å². The first kappa shape index (κ1) is 12.9. The first-order valence-electron chi connectivity index (χ1n) is 6.34. The Morgan fingerprint density at radius 1 is 0.952 bits per heavy atom. The topological polar surface area (TPSA) is 73.2 Å². The van der Waals surface area contributed by atoms with Crippen molar-refractivity contribution in [1.82, 2.24) is 4.90 Å². The zero-order valence-electron chi connectivity index (χ0n) is 11.3. The number of benzene rings is 2. The van der Waals surface area contributed by atoms with E-state index in [2.05, 4.69) is 11.4 Å². The lowest BCUT2D eigenvalue weighted by atomic mass is 10.1. The summed E-state index contributed by atoms with van der Waals surface area (Å²) in [5.74, 6) is -0.571. The van der Waals surface area contributed by atoms with Crippen LogP contribution in [-0.4, -0.2) is 23.8 Å². The Hall–Kier alpha value is -3.13. The fourth-order valence-corrected chi connectivity index (χ4v) is 2.23. The van der Waals surface area contributed by atoms with Crippen LogP contribution in [0.4, 0.5) is 11.4 Å². The van der Waals surface area contributed by atoms with E-state index in [-0.39, 0.29) is 11.8 Å². The lowest BCUT2D eigenvalue weighted by Gasteiger charge is -2.07. The summed E-state index contributed by atoms with van der Waals surface area (Å²) in [4.78, 5) is 24.8. The normalized spacial score (nSPS) is 13.0. The quantitative estimate of drug-likeness (QED) is 0.856. The maximum Gasteiger partial charge on any atom is 0.261 e. The van der Waals surface area contributed by atoms with Crippen molar-refractivity contribution in [1.29, 1.82) is 5.26 Å². The van der Waals surface area contributed by atoms with Crippen LogP contribution in [0.2, 0.25) is 0 Å². The van der Waals surface area contributed by atoms with Crippen LogP contribution < -0.4 is 5.32 Å². The van der Waals surface area contributed by atoms with Gasteiger partial charge in [-0.2, -0.15) is 5.26 Å². The van der Waals surface area contributed by atoms with Crippen molar-refractivity contribution >= 4 is 23.2 Å². The standard InChI is InChI=1S/C16H11N3O2/c1-19-15(20)13-7-6-12(8-14(13)16(19)21)18-11-4-2-10(9-17)3-5-11/h2-8,18H,1H3. The van der Waals surface area contributed by atoms with Gasteiger partial charge in [-0.25, -0.2) is 0 Å². The Labute approximate surface area is 121 Å². The summed E-state index contributed by atoms with van der Waals surface area (Å²) < 4.78 is 0. The van der Waals surface area contributed by atoms with Crippen LogP contribution in [-0.2, 0) is 0 Å². The Morgan fingerprint density at radius 2 is 1.57 bits per heavy atom. The highest BCUT2D eigenvalue weighted by Gasteiger charge is 2.32. The van der Waals surface area contributed by atoms with Gasteiger partial charge in [0.05, 0.1) is 22.8 Å². The van der Waals surface area contributed by atoms with E-state index >= 15 is 0 Å². The molecular weight excluding hydrogens is 266 g/mol. The van der Waals surface area contributed by atoms with Gasteiger partial charge in [0.15, 0.2) is 0 Å². The number of nitrogens with zero attached hydrogens (tertiary/aromatic N) is 2. The molecule has 3 rings (SSSR count). The largest absolute Gasteiger partial charge is 0.356 e. The van der Waals surface area contributed by atoms with Crippen molar-refractivity contribution < 1.29 is 9.59 Å². The molecule has 0 fully saturated rings. The molecule has 1 N–H and O–H groups in total. The van der Waals surface area contributed by atoms with Gasteiger partial charge in [0.2, 0.25) is 0 Å². The highest BCUT2D eigenvalue weighted by molar-refractivity contribution is 6.21. The van der Waals surface area contributed by atoms with Crippen molar-refractivity contribution in [2.45, 2.75) is 0 Å². The Kier molecular flexibility index (Phi) is 2.92. The number of anilines is 2. The lowest BCUT2D eigenvalue weighted by molar-refractivity contribution is 0.0693. The van der Waals surface area contributed by atoms with E-state index in [1.807, 2.05) is 0 Å². The SMILES string of the molecule is CN1C(=O)c2ccc(Nc3ccc(C#N)cc3)cc2C1=O. The van der Waals surface area contributed by atoms with Crippen LogP contribution in [0.5, 0.6) is 0 Å². The molecule has 0 saturated heterocycles. The molecule has 102 valence electrons. The summed E-state index contributed by atoms with van der Waals surface area (Å²) in [5, 5.41) is 11.9. The molecule has 2 aromatic rings. The van der Waals surface area contributed by atoms with E-state index in [9.17, 15) is 9.59 Å². The summed E-state index contributed by atoms with van der Waals surface area (Å²) in [6.45, 7) is 0. The summed E-state index contributed by atoms with van der Waals surface area (Å²) in [6, 6.07) is 14.1. The molecule has 2 amide bonds. The predicted molar refractivity (Wildman–Crippen MR) is 77.3 cm³/mol. The minimum atomic E-state index is -0.293. The zero-order chi connectivity index (χ0) is 15.0. The number of fused-ring (bicyclic) bond motifs is 1. The van der Waals surface area contributed by atoms with Gasteiger partial charge in [-0.15, -0.1) is 0 Å². The molecule has 0 spiro atoms. The number of nitriles is 1. The summed E-state index contributed by atoms with van der Waals surface area (Å²) in [6.07, 6.45) is 0. The van der Waals surface area contributed by atoms with Crippen molar-refractivity contribution in [3.8, 4) is 6.07 Å². The summed E-state index contributed by atoms with van der Waals surface area (Å²) >= 11 is 0. The first-order valence-corrected chi connectivity index (χ1v) is 6.34. The van der Waals surface area contributed by atoms with Crippen LogP contribution in [0.3, 0.4) is 0 Å². The van der Waals surface area contributed by atoms with E-state index < -0.39 is 0 Å². The second-order valence-corrected chi connectivity index (χ2v) is 4.74. The molecule has 1 aliphatic rings. The van der Waals surface area contributed by atoms with Gasteiger partial charge in [0.25, 0.3) is 11.8 Å². The molecule has 0 unspecified atom stereocenters. The molecule has 0 radical (unpaired) electrons. The zero-order valence-corrected chi connectivity index (χ0v) is 11.3. The molecule has 0 aliphatic carbocycles. The van der Waals surface area contributed by atoms with E-state index in [1.54, 1.807) is 42.5 Å². The van der Waals surface area contributed by atoms with Gasteiger partial charge in [-0.1, -0.05) is 0 Å². The average molecular weight is 277 g/mol. The van der Waals surface area contributed by atoms with Crippen LogP contribution >= 0.6 is 0 Å². The number of carbonyl (C=O) groups excluding carboxylic acids is 2. The minimum Gasteiger partial charge on any atom is -0.356 e. The number of hydrogen-bond donors (Lipinski definition) is 1. The van der Waals surface area contributed by atoms with E-state index in [0.717, 1.165) is 16.3 Å². The number of carbonyl (C=O) groups is 2. The van der Waals surface area contributed by atoms with Crippen molar-refractivity contribution in [3.05, 3.63) is 59.2 Å². The third-order valence-electron chi connectivity index (χ3n) is 3.39. The molecule has 2 aromatic carbocycles. The Bertz CT molecular complexity index is 788. The first-order chi connectivity index (χ1) is 10.1. The minimum absolute atomic E-state index is 0.278. The van der Waals surface area contributed by atoms with E-state index in [4.69, 9.17) is 5.26 Å². The summed E-state index contributed by atoms with van der Waals surface area (Å²) in [7, 11) is 1.47. The van der Waals surface area contributed by atoms with Gasteiger partial charge in [0, 0.05) is 18.4 Å². The number of imide groups is 1. The monoisotopic (exact) mass is 277 g/mol. The Balaban J connectivity index is 1.90. The molecule has 0 atom stereocenters. The molecule has 21 heavy (non-hydrogen) atoms. The van der Waals surface area contributed by atoms with Gasteiger partial charge < -0.3 is 5.32 Å². The van der Waals surface area contributed by atoms with Crippen LogP contribution in [0.15, 0.2) is 42.5 Å². The molecule has 1 heterocycles. The van der Waals surface area contributed by atoms with Crippen LogP contribution in [0.25, 0.3) is 0 Å². The fraction of sp³-hybridized carbons (Fsp3) is 0.0625. The van der Waals surface area contributed by atoms with Gasteiger partial charge in [-0.3, -0.25) is 14.5 Å². The highest BCUT2D eigenvalue weighted by Crippen LogP contribution is 2.26. The number of amides is 2. The predicted octanol–water partition coefficient (Wildman–Crippen LogP) is 2.53. The molecule has 1 aliphatic heterocycles. The summed E-state index contributed by atoms with van der Waals surface area (Å²) in [5.41, 5.74) is 2.93. The average Bonchev–Trinajstić information content (AvgIpc) is 2.73. The Morgan fingerprint density at radius 3 is 2.24 bits per heavy atom. The molecule has 0 bridgehead atoms. The fourth-order valence-electron chi connectivity index (χ4n) is 2.23. The van der Waals surface area contributed by atoms with Gasteiger partial charge in [0.1, 0.15) is 0 Å². The van der Waals surface area contributed by atoms with Crippen molar-refractivity contribution in [2.75, 3.05) is 12.4 Å². The van der Waals surface area contributed by atoms with E-state index in [1.165, 1.54) is 7.05 Å². The number of rotatable bonds is 2. The number of nitrogens with one attached hydrogen (secondary N) is 1. The molecule has 0 aromatic heterocycles.